The average Bonchev–Trinajstić information content (AvgIpc) is 2.69. The molecule has 138 valence electrons. The smallest absolute Gasteiger partial charge is 0.0181 e. The summed E-state index contributed by atoms with van der Waals surface area (Å²) in [5.74, 6) is 0. The molecule has 0 saturated heterocycles. The number of fused-ring (bicyclic) bond motifs is 1. The number of benzene rings is 3. The first-order valence-electron chi connectivity index (χ1n) is 9.64. The Balaban J connectivity index is 0. The van der Waals surface area contributed by atoms with Crippen molar-refractivity contribution >= 4 is 10.8 Å². The van der Waals surface area contributed by atoms with Crippen LogP contribution in [0.5, 0.6) is 0 Å². The Morgan fingerprint density at radius 3 is 1.28 bits per heavy atom. The molecule has 0 radical (unpaired) electrons. The van der Waals surface area contributed by atoms with Crippen molar-refractivity contribution in [2.45, 2.75) is 62.3 Å². The SMILES string of the molecule is CC.CC.CC.Cc1ccc2ccccc2c1.Cc1ccccc1C. The van der Waals surface area contributed by atoms with Gasteiger partial charge in [0.25, 0.3) is 0 Å². The molecule has 0 unspecified atom stereocenters. The fourth-order valence-corrected chi connectivity index (χ4v) is 1.97. The highest BCUT2D eigenvalue weighted by Gasteiger charge is 1.89. The minimum Gasteiger partial charge on any atom is -0.0683 e. The number of hydrogen-bond acceptors (Lipinski definition) is 0. The summed E-state index contributed by atoms with van der Waals surface area (Å²) in [6.45, 7) is 18.4. The third-order valence-corrected chi connectivity index (χ3v) is 3.33. The van der Waals surface area contributed by atoms with Gasteiger partial charge >= 0.3 is 0 Å². The molecule has 0 fully saturated rings. The van der Waals surface area contributed by atoms with E-state index in [1.807, 2.05) is 41.5 Å². The van der Waals surface area contributed by atoms with Crippen molar-refractivity contribution in [1.82, 2.24) is 0 Å². The van der Waals surface area contributed by atoms with E-state index in [0.717, 1.165) is 0 Å². The third-order valence-electron chi connectivity index (χ3n) is 3.33. The topological polar surface area (TPSA) is 0 Å². The lowest BCUT2D eigenvalue weighted by molar-refractivity contribution is 1.34. The Hall–Kier alpha value is -2.08. The molecule has 0 aromatic heterocycles. The monoisotopic (exact) mass is 338 g/mol. The van der Waals surface area contributed by atoms with Crippen LogP contribution in [-0.4, -0.2) is 0 Å². The molecular formula is C25H38. The summed E-state index contributed by atoms with van der Waals surface area (Å²) >= 11 is 0. The van der Waals surface area contributed by atoms with Crippen LogP contribution in [0.1, 0.15) is 58.2 Å². The predicted octanol–water partition coefficient (Wildman–Crippen LogP) is 8.53. The second-order valence-electron chi connectivity index (χ2n) is 4.93. The van der Waals surface area contributed by atoms with Crippen LogP contribution in [0.25, 0.3) is 10.8 Å². The molecule has 3 aromatic rings. The van der Waals surface area contributed by atoms with Crippen LogP contribution in [0.15, 0.2) is 66.7 Å². The van der Waals surface area contributed by atoms with Gasteiger partial charge in [-0.05, 0) is 42.7 Å². The number of hydrogen-bond donors (Lipinski definition) is 0. The predicted molar refractivity (Wildman–Crippen MR) is 119 cm³/mol. The summed E-state index contributed by atoms with van der Waals surface area (Å²) < 4.78 is 0. The normalized spacial score (nSPS) is 8.20. The van der Waals surface area contributed by atoms with Crippen molar-refractivity contribution in [3.63, 3.8) is 0 Å². The van der Waals surface area contributed by atoms with Crippen molar-refractivity contribution in [2.24, 2.45) is 0 Å². The molecule has 0 aliphatic rings. The fourth-order valence-electron chi connectivity index (χ4n) is 1.97. The standard InChI is InChI=1S/C11H10.C8H10.3C2H6/c1-9-6-7-10-4-2-3-5-11(10)8-9;1-7-5-3-4-6-8(7)2;3*1-2/h2-8H,1H3;3-6H,1-2H3;3*1-2H3. The maximum atomic E-state index is 2.20. The van der Waals surface area contributed by atoms with E-state index in [4.69, 9.17) is 0 Å². The maximum absolute atomic E-state index is 2.20. The maximum Gasteiger partial charge on any atom is -0.0181 e. The summed E-state index contributed by atoms with van der Waals surface area (Å²) in [5, 5.41) is 2.64. The van der Waals surface area contributed by atoms with Gasteiger partial charge in [-0.3, -0.25) is 0 Å². The van der Waals surface area contributed by atoms with Gasteiger partial charge in [-0.15, -0.1) is 0 Å². The summed E-state index contributed by atoms with van der Waals surface area (Å²) in [7, 11) is 0. The first-order valence-corrected chi connectivity index (χ1v) is 9.64. The molecule has 0 aliphatic heterocycles. The molecule has 0 saturated carbocycles. The first kappa shape index (κ1) is 25.2. The van der Waals surface area contributed by atoms with E-state index in [2.05, 4.69) is 87.5 Å². The Morgan fingerprint density at radius 2 is 0.840 bits per heavy atom. The Bertz CT molecular complexity index is 644. The van der Waals surface area contributed by atoms with Crippen molar-refractivity contribution < 1.29 is 0 Å². The molecule has 0 spiro atoms. The zero-order chi connectivity index (χ0) is 19.7. The van der Waals surface area contributed by atoms with Gasteiger partial charge in [0.05, 0.1) is 0 Å². The van der Waals surface area contributed by atoms with E-state index in [1.54, 1.807) is 0 Å². The first-order chi connectivity index (χ1) is 12.2. The van der Waals surface area contributed by atoms with E-state index in [9.17, 15) is 0 Å². The Labute approximate surface area is 156 Å². The molecule has 0 bridgehead atoms. The molecule has 0 N–H and O–H groups in total. The van der Waals surface area contributed by atoms with Gasteiger partial charge < -0.3 is 0 Å². The van der Waals surface area contributed by atoms with Gasteiger partial charge in [0.2, 0.25) is 0 Å². The Morgan fingerprint density at radius 1 is 0.440 bits per heavy atom. The number of rotatable bonds is 0. The van der Waals surface area contributed by atoms with Gasteiger partial charge in [-0.1, -0.05) is 114 Å². The van der Waals surface area contributed by atoms with Crippen LogP contribution in [0.3, 0.4) is 0 Å². The lowest BCUT2D eigenvalue weighted by atomic mass is 10.1. The lowest BCUT2D eigenvalue weighted by Gasteiger charge is -1.96. The highest BCUT2D eigenvalue weighted by Crippen LogP contribution is 2.14. The quantitative estimate of drug-likeness (QED) is 0.385. The van der Waals surface area contributed by atoms with Crippen LogP contribution in [-0.2, 0) is 0 Å². The highest BCUT2D eigenvalue weighted by atomic mass is 13.9. The zero-order valence-corrected chi connectivity index (χ0v) is 17.9. The molecule has 3 rings (SSSR count). The second-order valence-corrected chi connectivity index (χ2v) is 4.93. The van der Waals surface area contributed by atoms with Gasteiger partial charge in [0.1, 0.15) is 0 Å². The molecule has 0 aliphatic carbocycles. The second kappa shape index (κ2) is 16.8. The van der Waals surface area contributed by atoms with E-state index in [-0.39, 0.29) is 0 Å². The van der Waals surface area contributed by atoms with E-state index < -0.39 is 0 Å². The van der Waals surface area contributed by atoms with Crippen molar-refractivity contribution in [1.29, 1.82) is 0 Å². The third kappa shape index (κ3) is 10.4. The molecular weight excluding hydrogens is 300 g/mol. The van der Waals surface area contributed by atoms with Crippen LogP contribution < -0.4 is 0 Å². The van der Waals surface area contributed by atoms with Crippen molar-refractivity contribution in [2.75, 3.05) is 0 Å². The molecule has 0 heteroatoms. The van der Waals surface area contributed by atoms with Gasteiger partial charge in [-0.25, -0.2) is 0 Å². The highest BCUT2D eigenvalue weighted by molar-refractivity contribution is 5.82. The summed E-state index contributed by atoms with van der Waals surface area (Å²) in [5.41, 5.74) is 4.06. The van der Waals surface area contributed by atoms with Crippen LogP contribution in [0, 0.1) is 20.8 Å². The lowest BCUT2D eigenvalue weighted by Crippen LogP contribution is -1.74. The minimum atomic E-state index is 1.32. The molecule has 0 nitrogen and oxygen atoms in total. The van der Waals surface area contributed by atoms with Crippen LogP contribution >= 0.6 is 0 Å². The average molecular weight is 339 g/mol. The van der Waals surface area contributed by atoms with E-state index >= 15 is 0 Å². The van der Waals surface area contributed by atoms with Crippen molar-refractivity contribution in [3.8, 4) is 0 Å². The molecule has 0 heterocycles. The van der Waals surface area contributed by atoms with Crippen molar-refractivity contribution in [3.05, 3.63) is 83.4 Å². The number of aryl methyl sites for hydroxylation is 3. The van der Waals surface area contributed by atoms with Crippen LogP contribution in [0.4, 0.5) is 0 Å². The van der Waals surface area contributed by atoms with Gasteiger partial charge in [0, 0.05) is 0 Å². The largest absolute Gasteiger partial charge is 0.0683 e. The molecule has 0 atom stereocenters. The minimum absolute atomic E-state index is 1.32. The molecule has 3 aromatic carbocycles. The summed E-state index contributed by atoms with van der Waals surface area (Å²) in [6, 6.07) is 23.3. The van der Waals surface area contributed by atoms with Gasteiger partial charge in [0.15, 0.2) is 0 Å². The molecule has 25 heavy (non-hydrogen) atoms. The summed E-state index contributed by atoms with van der Waals surface area (Å²) in [6.07, 6.45) is 0. The van der Waals surface area contributed by atoms with Gasteiger partial charge in [-0.2, -0.15) is 0 Å². The van der Waals surface area contributed by atoms with Crippen LogP contribution in [0.2, 0.25) is 0 Å². The fraction of sp³-hybridized carbons (Fsp3) is 0.360. The van der Waals surface area contributed by atoms with E-state index in [1.165, 1.54) is 27.5 Å². The zero-order valence-electron chi connectivity index (χ0n) is 17.9. The Kier molecular flexibility index (Phi) is 16.9. The molecule has 0 amide bonds. The summed E-state index contributed by atoms with van der Waals surface area (Å²) in [4.78, 5) is 0. The van der Waals surface area contributed by atoms with E-state index in [0.29, 0.717) is 0 Å².